The van der Waals surface area contributed by atoms with Gasteiger partial charge >= 0.3 is 0 Å². The minimum atomic E-state index is -0.989. The Balaban J connectivity index is 1.79. The number of carbonyl (C=O) groups excluding carboxylic acids is 1. The van der Waals surface area contributed by atoms with Crippen LogP contribution in [-0.4, -0.2) is 27.0 Å². The molecule has 2 aromatic carbocycles. The molecule has 4 rings (SSSR count). The van der Waals surface area contributed by atoms with E-state index >= 15 is 0 Å². The highest BCUT2D eigenvalue weighted by molar-refractivity contribution is 7.83. The highest BCUT2D eigenvalue weighted by Gasteiger charge is 2.29. The summed E-state index contributed by atoms with van der Waals surface area (Å²) in [6.45, 7) is 4.05. The molecule has 0 spiro atoms. The predicted octanol–water partition coefficient (Wildman–Crippen LogP) is 3.51. The zero-order chi connectivity index (χ0) is 19.8. The minimum Gasteiger partial charge on any atom is -0.496 e. The lowest BCUT2D eigenvalue weighted by atomic mass is 10.1. The summed E-state index contributed by atoms with van der Waals surface area (Å²) in [5, 5.41) is 7.66. The van der Waals surface area contributed by atoms with Gasteiger partial charge < -0.3 is 10.1 Å². The highest BCUT2D eigenvalue weighted by Crippen LogP contribution is 2.33. The van der Waals surface area contributed by atoms with Crippen molar-refractivity contribution in [1.29, 1.82) is 0 Å². The summed E-state index contributed by atoms with van der Waals surface area (Å²) in [4.78, 5) is 13.0. The third kappa shape index (κ3) is 3.22. The summed E-state index contributed by atoms with van der Waals surface area (Å²) >= 11 is 0. The minimum absolute atomic E-state index is 0.288. The van der Waals surface area contributed by atoms with Crippen LogP contribution in [0.3, 0.4) is 0 Å². The quantitative estimate of drug-likeness (QED) is 0.734. The van der Waals surface area contributed by atoms with Crippen molar-refractivity contribution in [2.45, 2.75) is 25.4 Å². The third-order valence-corrected chi connectivity index (χ3v) is 6.04. The first kappa shape index (κ1) is 18.4. The molecule has 0 fully saturated rings. The molecule has 2 heterocycles. The van der Waals surface area contributed by atoms with Gasteiger partial charge in [-0.1, -0.05) is 29.8 Å². The molecule has 3 aromatic rings. The van der Waals surface area contributed by atoms with Crippen molar-refractivity contribution < 1.29 is 13.7 Å². The number of rotatable bonds is 4. The summed E-state index contributed by atoms with van der Waals surface area (Å²) in [6, 6.07) is 13.1. The number of methoxy groups -OCH3 is 1. The first-order valence-electron chi connectivity index (χ1n) is 8.95. The fraction of sp³-hybridized carbons (Fsp3) is 0.238. The lowest BCUT2D eigenvalue weighted by molar-refractivity contribution is 0.102. The Kier molecular flexibility index (Phi) is 4.77. The summed E-state index contributed by atoms with van der Waals surface area (Å²) in [5.74, 6) is 1.58. The van der Waals surface area contributed by atoms with Crippen molar-refractivity contribution >= 4 is 22.5 Å². The van der Waals surface area contributed by atoms with Gasteiger partial charge in [0.05, 0.1) is 35.6 Å². The Hall–Kier alpha value is -2.93. The van der Waals surface area contributed by atoms with E-state index in [1.54, 1.807) is 22.9 Å². The average molecular weight is 395 g/mol. The largest absolute Gasteiger partial charge is 0.496 e. The molecule has 1 aliphatic heterocycles. The molecule has 6 nitrogen and oxygen atoms in total. The summed E-state index contributed by atoms with van der Waals surface area (Å²) < 4.78 is 19.1. The van der Waals surface area contributed by atoms with E-state index in [1.165, 1.54) is 7.11 Å². The standard InChI is InChI=1S/C21H21N3O3S/c1-13-8-9-18(14(2)10-13)24-20(16-11-28(26)12-17(16)23-24)22-21(25)15-6-4-5-7-19(15)27-3/h4-10H,11-12H2,1-3H3,(H,22,25). The van der Waals surface area contributed by atoms with Crippen LogP contribution >= 0.6 is 0 Å². The maximum atomic E-state index is 13.0. The Labute approximate surface area is 166 Å². The number of nitrogens with one attached hydrogen (secondary N) is 1. The second-order valence-corrected chi connectivity index (χ2v) is 8.32. The van der Waals surface area contributed by atoms with Gasteiger partial charge in [-0.15, -0.1) is 0 Å². The van der Waals surface area contributed by atoms with E-state index < -0.39 is 10.8 Å². The highest BCUT2D eigenvalue weighted by atomic mass is 32.2. The zero-order valence-corrected chi connectivity index (χ0v) is 16.8. The number of hydrogen-bond donors (Lipinski definition) is 1. The maximum absolute atomic E-state index is 13.0. The molecule has 0 radical (unpaired) electrons. The molecule has 0 saturated carbocycles. The van der Waals surface area contributed by atoms with Crippen molar-refractivity contribution in [2.24, 2.45) is 0 Å². The van der Waals surface area contributed by atoms with Gasteiger partial charge in [-0.05, 0) is 37.6 Å². The molecular formula is C21H21N3O3S. The van der Waals surface area contributed by atoms with Crippen LogP contribution in [0, 0.1) is 13.8 Å². The van der Waals surface area contributed by atoms with Crippen LogP contribution in [0.25, 0.3) is 5.69 Å². The molecule has 1 N–H and O–H groups in total. The van der Waals surface area contributed by atoms with Gasteiger partial charge in [0, 0.05) is 16.4 Å². The van der Waals surface area contributed by atoms with Crippen LogP contribution in [0.1, 0.15) is 32.7 Å². The van der Waals surface area contributed by atoms with Gasteiger partial charge in [0.15, 0.2) is 0 Å². The summed E-state index contributed by atoms with van der Waals surface area (Å²) in [6.07, 6.45) is 0. The van der Waals surface area contributed by atoms with E-state index in [2.05, 4.69) is 16.5 Å². The zero-order valence-electron chi connectivity index (χ0n) is 16.0. The molecule has 0 aliphatic carbocycles. The van der Waals surface area contributed by atoms with E-state index in [0.717, 1.165) is 28.1 Å². The number of hydrogen-bond acceptors (Lipinski definition) is 4. The number of fused-ring (bicyclic) bond motifs is 1. The van der Waals surface area contributed by atoms with Gasteiger partial charge in [0.2, 0.25) is 0 Å². The molecule has 1 aliphatic rings. The number of amides is 1. The van der Waals surface area contributed by atoms with Gasteiger partial charge in [0.25, 0.3) is 5.91 Å². The van der Waals surface area contributed by atoms with Crippen LogP contribution < -0.4 is 10.1 Å². The number of carbonyl (C=O) groups is 1. The third-order valence-electron chi connectivity index (χ3n) is 4.83. The molecule has 1 aromatic heterocycles. The van der Waals surface area contributed by atoms with Gasteiger partial charge in [0.1, 0.15) is 11.6 Å². The molecule has 1 unspecified atom stereocenters. The fourth-order valence-electron chi connectivity index (χ4n) is 3.48. The van der Waals surface area contributed by atoms with Gasteiger partial charge in [-0.2, -0.15) is 5.10 Å². The number of benzene rings is 2. The van der Waals surface area contributed by atoms with E-state index in [1.807, 2.05) is 32.0 Å². The Bertz CT molecular complexity index is 1100. The van der Waals surface area contributed by atoms with Crippen molar-refractivity contribution in [3.05, 3.63) is 70.4 Å². The Morgan fingerprint density at radius 1 is 1.18 bits per heavy atom. The van der Waals surface area contributed by atoms with E-state index in [4.69, 9.17) is 4.74 Å². The molecular weight excluding hydrogens is 374 g/mol. The average Bonchev–Trinajstić information content (AvgIpc) is 3.18. The van der Waals surface area contributed by atoms with Crippen LogP contribution in [0.2, 0.25) is 0 Å². The smallest absolute Gasteiger partial charge is 0.260 e. The summed E-state index contributed by atoms with van der Waals surface area (Å²) in [7, 11) is 0.545. The van der Waals surface area contributed by atoms with Crippen molar-refractivity contribution in [2.75, 3.05) is 12.4 Å². The number of ether oxygens (including phenoxy) is 1. The molecule has 7 heteroatoms. The normalized spacial score (nSPS) is 15.3. The van der Waals surface area contributed by atoms with Gasteiger partial charge in [-0.25, -0.2) is 4.68 Å². The number of anilines is 1. The lowest BCUT2D eigenvalue weighted by Crippen LogP contribution is -2.17. The topological polar surface area (TPSA) is 73.2 Å². The van der Waals surface area contributed by atoms with Crippen molar-refractivity contribution in [3.8, 4) is 11.4 Å². The summed E-state index contributed by atoms with van der Waals surface area (Å²) in [5.41, 5.74) is 5.14. The first-order chi connectivity index (χ1) is 13.5. The molecule has 144 valence electrons. The van der Waals surface area contributed by atoms with E-state index in [-0.39, 0.29) is 5.91 Å². The first-order valence-corrected chi connectivity index (χ1v) is 10.4. The molecule has 1 amide bonds. The predicted molar refractivity (Wildman–Crippen MR) is 110 cm³/mol. The second kappa shape index (κ2) is 7.24. The number of para-hydroxylation sites is 1. The van der Waals surface area contributed by atoms with Crippen LogP contribution in [0.4, 0.5) is 5.82 Å². The van der Waals surface area contributed by atoms with Crippen molar-refractivity contribution in [1.82, 2.24) is 9.78 Å². The van der Waals surface area contributed by atoms with E-state index in [0.29, 0.717) is 28.6 Å². The fourth-order valence-corrected chi connectivity index (χ4v) is 4.74. The monoisotopic (exact) mass is 395 g/mol. The number of aryl methyl sites for hydroxylation is 2. The number of aromatic nitrogens is 2. The van der Waals surface area contributed by atoms with Crippen LogP contribution in [0.15, 0.2) is 42.5 Å². The van der Waals surface area contributed by atoms with Crippen LogP contribution in [0.5, 0.6) is 5.75 Å². The molecule has 1 atom stereocenters. The Morgan fingerprint density at radius 3 is 2.71 bits per heavy atom. The van der Waals surface area contributed by atoms with E-state index in [9.17, 15) is 9.00 Å². The Morgan fingerprint density at radius 2 is 1.96 bits per heavy atom. The molecule has 0 saturated heterocycles. The lowest BCUT2D eigenvalue weighted by Gasteiger charge is -2.14. The maximum Gasteiger partial charge on any atom is 0.260 e. The van der Waals surface area contributed by atoms with Crippen molar-refractivity contribution in [3.63, 3.8) is 0 Å². The SMILES string of the molecule is COc1ccccc1C(=O)Nc1c2c(nn1-c1ccc(C)cc1C)CS(=O)C2. The second-order valence-electron chi connectivity index (χ2n) is 6.86. The molecule has 0 bridgehead atoms. The molecule has 28 heavy (non-hydrogen) atoms. The van der Waals surface area contributed by atoms with Crippen LogP contribution in [-0.2, 0) is 22.3 Å². The number of nitrogens with zero attached hydrogens (tertiary/aromatic N) is 2. The van der Waals surface area contributed by atoms with Gasteiger partial charge in [-0.3, -0.25) is 9.00 Å².